The SMILES string of the molecule is CC(=O)N1CCN(c2ccc(Nc3ncc(F)c(-c4cnc5ccc(C)cn45)n3)nc2)CC1. The number of carbonyl (C=O) groups excluding carboxylic acids is 1. The van der Waals surface area contributed by atoms with E-state index in [2.05, 4.69) is 30.2 Å². The molecule has 1 fully saturated rings. The molecule has 168 valence electrons. The van der Waals surface area contributed by atoms with Crippen molar-refractivity contribution in [1.82, 2.24) is 29.2 Å². The topological polar surface area (TPSA) is 91.6 Å². The highest BCUT2D eigenvalue weighted by molar-refractivity contribution is 5.73. The van der Waals surface area contributed by atoms with Gasteiger partial charge in [0.1, 0.15) is 17.2 Å². The molecule has 1 aliphatic rings. The minimum absolute atomic E-state index is 0.102. The van der Waals surface area contributed by atoms with Gasteiger partial charge < -0.3 is 15.1 Å². The van der Waals surface area contributed by atoms with Crippen LogP contribution in [0.4, 0.5) is 21.8 Å². The number of rotatable bonds is 4. The van der Waals surface area contributed by atoms with Crippen LogP contribution in [0.15, 0.2) is 49.1 Å². The van der Waals surface area contributed by atoms with E-state index in [-0.39, 0.29) is 17.5 Å². The van der Waals surface area contributed by atoms with Gasteiger partial charge >= 0.3 is 0 Å². The molecule has 1 saturated heterocycles. The smallest absolute Gasteiger partial charge is 0.229 e. The van der Waals surface area contributed by atoms with Crippen molar-refractivity contribution < 1.29 is 9.18 Å². The summed E-state index contributed by atoms with van der Waals surface area (Å²) in [6.07, 6.45) is 6.40. The minimum atomic E-state index is -0.531. The van der Waals surface area contributed by atoms with Gasteiger partial charge in [-0.1, -0.05) is 6.07 Å². The van der Waals surface area contributed by atoms with Crippen molar-refractivity contribution in [1.29, 1.82) is 0 Å². The summed E-state index contributed by atoms with van der Waals surface area (Å²) in [5, 5.41) is 3.04. The van der Waals surface area contributed by atoms with Gasteiger partial charge in [0, 0.05) is 39.3 Å². The average Bonchev–Trinajstić information content (AvgIpc) is 3.24. The minimum Gasteiger partial charge on any atom is -0.367 e. The van der Waals surface area contributed by atoms with Crippen molar-refractivity contribution in [3.05, 3.63) is 60.4 Å². The number of nitrogens with zero attached hydrogens (tertiary/aromatic N) is 7. The summed E-state index contributed by atoms with van der Waals surface area (Å²) in [5.74, 6) is 0.360. The molecule has 4 aromatic rings. The molecule has 0 saturated carbocycles. The van der Waals surface area contributed by atoms with Gasteiger partial charge in [0.2, 0.25) is 11.9 Å². The van der Waals surface area contributed by atoms with E-state index in [0.29, 0.717) is 30.2 Å². The highest BCUT2D eigenvalue weighted by atomic mass is 19.1. The van der Waals surface area contributed by atoms with Crippen molar-refractivity contribution in [3.63, 3.8) is 0 Å². The number of aryl methyl sites for hydroxylation is 1. The van der Waals surface area contributed by atoms with Gasteiger partial charge in [0.15, 0.2) is 5.82 Å². The Labute approximate surface area is 189 Å². The maximum absolute atomic E-state index is 14.6. The molecule has 5 rings (SSSR count). The highest BCUT2D eigenvalue weighted by Gasteiger charge is 2.19. The second-order valence-corrected chi connectivity index (χ2v) is 7.99. The van der Waals surface area contributed by atoms with Crippen LogP contribution in [0.2, 0.25) is 0 Å². The number of anilines is 3. The van der Waals surface area contributed by atoms with E-state index in [1.807, 2.05) is 46.7 Å². The molecule has 0 atom stereocenters. The van der Waals surface area contributed by atoms with Gasteiger partial charge in [-0.3, -0.25) is 9.20 Å². The summed E-state index contributed by atoms with van der Waals surface area (Å²) in [4.78, 5) is 32.8. The Bertz CT molecular complexity index is 1310. The number of imidazole rings is 1. The molecule has 0 radical (unpaired) electrons. The van der Waals surface area contributed by atoms with E-state index in [1.54, 1.807) is 19.3 Å². The number of halogens is 1. The number of amides is 1. The van der Waals surface area contributed by atoms with Crippen molar-refractivity contribution in [2.24, 2.45) is 0 Å². The van der Waals surface area contributed by atoms with Gasteiger partial charge in [0.05, 0.1) is 30.0 Å². The quantitative estimate of drug-likeness (QED) is 0.515. The Kier molecular flexibility index (Phi) is 5.33. The van der Waals surface area contributed by atoms with Crippen molar-refractivity contribution in [2.45, 2.75) is 13.8 Å². The van der Waals surface area contributed by atoms with Crippen LogP contribution < -0.4 is 10.2 Å². The van der Waals surface area contributed by atoms with Crippen molar-refractivity contribution in [2.75, 3.05) is 36.4 Å². The molecule has 0 spiro atoms. The fourth-order valence-corrected chi connectivity index (χ4v) is 3.91. The van der Waals surface area contributed by atoms with Crippen LogP contribution in [-0.2, 0) is 4.79 Å². The molecule has 1 aliphatic heterocycles. The second-order valence-electron chi connectivity index (χ2n) is 7.99. The lowest BCUT2D eigenvalue weighted by Crippen LogP contribution is -2.48. The van der Waals surface area contributed by atoms with Gasteiger partial charge in [-0.05, 0) is 30.7 Å². The average molecular weight is 446 g/mol. The zero-order valence-electron chi connectivity index (χ0n) is 18.4. The molecule has 5 heterocycles. The van der Waals surface area contributed by atoms with Crippen LogP contribution in [0.25, 0.3) is 17.0 Å². The fraction of sp³-hybridized carbons (Fsp3) is 0.261. The number of aromatic nitrogens is 5. The maximum atomic E-state index is 14.6. The summed E-state index contributed by atoms with van der Waals surface area (Å²) in [7, 11) is 0. The Morgan fingerprint density at radius 2 is 1.82 bits per heavy atom. The van der Waals surface area contributed by atoms with Gasteiger partial charge in [-0.2, -0.15) is 0 Å². The molecule has 0 aromatic carbocycles. The van der Waals surface area contributed by atoms with E-state index in [4.69, 9.17) is 0 Å². The third-order valence-corrected chi connectivity index (χ3v) is 5.72. The summed E-state index contributed by atoms with van der Waals surface area (Å²) in [6.45, 7) is 6.48. The largest absolute Gasteiger partial charge is 0.367 e. The summed E-state index contributed by atoms with van der Waals surface area (Å²) < 4.78 is 16.4. The highest BCUT2D eigenvalue weighted by Crippen LogP contribution is 2.24. The maximum Gasteiger partial charge on any atom is 0.229 e. The molecule has 10 heteroatoms. The first-order chi connectivity index (χ1) is 16.0. The number of fused-ring (bicyclic) bond motifs is 1. The Morgan fingerprint density at radius 1 is 1.00 bits per heavy atom. The predicted octanol–water partition coefficient (Wildman–Crippen LogP) is 3.05. The van der Waals surface area contributed by atoms with E-state index < -0.39 is 5.82 Å². The van der Waals surface area contributed by atoms with E-state index in [0.717, 1.165) is 30.5 Å². The summed E-state index contributed by atoms with van der Waals surface area (Å²) in [5.41, 5.74) is 3.42. The molecule has 0 unspecified atom stereocenters. The van der Waals surface area contributed by atoms with Crippen LogP contribution in [0.3, 0.4) is 0 Å². The third-order valence-electron chi connectivity index (χ3n) is 5.72. The van der Waals surface area contributed by atoms with Crippen molar-refractivity contribution >= 4 is 29.0 Å². The summed E-state index contributed by atoms with van der Waals surface area (Å²) >= 11 is 0. The first-order valence-corrected chi connectivity index (χ1v) is 10.7. The molecule has 1 N–H and O–H groups in total. The van der Waals surface area contributed by atoms with E-state index >= 15 is 0 Å². The van der Waals surface area contributed by atoms with Gasteiger partial charge in [-0.25, -0.2) is 24.3 Å². The molecule has 9 nitrogen and oxygen atoms in total. The molecular formula is C23H23FN8O. The first-order valence-electron chi connectivity index (χ1n) is 10.7. The third kappa shape index (κ3) is 4.19. The normalized spacial score (nSPS) is 14.0. The van der Waals surface area contributed by atoms with E-state index in [1.165, 1.54) is 0 Å². The Morgan fingerprint density at radius 3 is 2.55 bits per heavy atom. The fourth-order valence-electron chi connectivity index (χ4n) is 3.91. The molecule has 1 amide bonds. The number of nitrogens with one attached hydrogen (secondary N) is 1. The molecule has 33 heavy (non-hydrogen) atoms. The number of hydrogen-bond acceptors (Lipinski definition) is 7. The molecule has 0 aliphatic carbocycles. The van der Waals surface area contributed by atoms with Crippen LogP contribution in [0, 0.1) is 12.7 Å². The van der Waals surface area contributed by atoms with Crippen LogP contribution in [0.1, 0.15) is 12.5 Å². The first kappa shape index (κ1) is 20.8. The van der Waals surface area contributed by atoms with Gasteiger partial charge in [0.25, 0.3) is 0 Å². The molecule has 0 bridgehead atoms. The van der Waals surface area contributed by atoms with E-state index in [9.17, 15) is 9.18 Å². The Hall–Kier alpha value is -4.08. The summed E-state index contributed by atoms with van der Waals surface area (Å²) in [6, 6.07) is 7.61. The standard InChI is InChI=1S/C23H23FN8O/c1-15-3-6-21-26-13-19(32(21)14-15)22-18(24)12-27-23(29-22)28-20-5-4-17(11-25-20)31-9-7-30(8-10-31)16(2)33/h3-6,11-14H,7-10H2,1-2H3,(H,25,27,28,29). The van der Waals surface area contributed by atoms with Crippen molar-refractivity contribution in [3.8, 4) is 11.4 Å². The zero-order chi connectivity index (χ0) is 22.9. The molecule has 4 aromatic heterocycles. The van der Waals surface area contributed by atoms with Crippen LogP contribution >= 0.6 is 0 Å². The lowest BCUT2D eigenvalue weighted by atomic mass is 10.2. The van der Waals surface area contributed by atoms with Crippen LogP contribution in [-0.4, -0.2) is 61.3 Å². The number of carbonyl (C=O) groups is 1. The molecular weight excluding hydrogens is 423 g/mol. The number of piperazine rings is 1. The lowest BCUT2D eigenvalue weighted by molar-refractivity contribution is -0.129. The number of pyridine rings is 2. The monoisotopic (exact) mass is 446 g/mol. The number of hydrogen-bond donors (Lipinski definition) is 1. The van der Waals surface area contributed by atoms with Crippen LogP contribution in [0.5, 0.6) is 0 Å². The predicted molar refractivity (Wildman–Crippen MR) is 123 cm³/mol. The zero-order valence-corrected chi connectivity index (χ0v) is 18.4. The Balaban J connectivity index is 1.34. The lowest BCUT2D eigenvalue weighted by Gasteiger charge is -2.35. The second kappa shape index (κ2) is 8.45. The van der Waals surface area contributed by atoms with Gasteiger partial charge in [-0.15, -0.1) is 0 Å².